The molecule has 2 aliphatic heterocycles. The summed E-state index contributed by atoms with van der Waals surface area (Å²) in [5.74, 6) is -0.0756. The number of anilines is 1. The summed E-state index contributed by atoms with van der Waals surface area (Å²) in [7, 11) is -3.67. The predicted molar refractivity (Wildman–Crippen MR) is 123 cm³/mol. The lowest BCUT2D eigenvalue weighted by molar-refractivity contribution is 0.0792. The van der Waals surface area contributed by atoms with E-state index in [-0.39, 0.29) is 10.8 Å². The summed E-state index contributed by atoms with van der Waals surface area (Å²) in [5.41, 5.74) is 3.44. The van der Waals surface area contributed by atoms with Gasteiger partial charge in [-0.1, -0.05) is 23.7 Å². The molecule has 2 aliphatic rings. The first-order valence-corrected chi connectivity index (χ1v) is 12.5. The van der Waals surface area contributed by atoms with Crippen LogP contribution in [0.2, 0.25) is 5.02 Å². The highest BCUT2D eigenvalue weighted by Gasteiger charge is 2.30. The van der Waals surface area contributed by atoms with E-state index in [1.165, 1.54) is 4.31 Å². The number of benzene rings is 2. The van der Waals surface area contributed by atoms with Gasteiger partial charge in [0.15, 0.2) is 0 Å². The molecule has 1 amide bonds. The van der Waals surface area contributed by atoms with Crippen molar-refractivity contribution in [3.8, 4) is 0 Å². The third kappa shape index (κ3) is 4.45. The van der Waals surface area contributed by atoms with E-state index in [1.54, 1.807) is 18.2 Å². The van der Waals surface area contributed by atoms with E-state index in [2.05, 4.69) is 4.90 Å². The van der Waals surface area contributed by atoms with Crippen LogP contribution >= 0.6 is 11.6 Å². The fourth-order valence-corrected chi connectivity index (χ4v) is 5.94. The number of carbonyl (C=O) groups is 1. The number of carbonyl (C=O) groups excluding carboxylic acids is 1. The molecule has 2 fully saturated rings. The SMILES string of the molecule is Cc1ccc(S(=O)(=O)N2CCN(c3cc(Cl)ccc3C)CC2)cc1C(=O)N1CCCC1. The van der Waals surface area contributed by atoms with Gasteiger partial charge >= 0.3 is 0 Å². The topological polar surface area (TPSA) is 60.9 Å². The molecule has 0 N–H and O–H groups in total. The standard InChI is InChI=1S/C23H28ClN3O3S/c1-17-6-8-20(16-21(17)23(28)26-9-3-4-10-26)31(29,30)27-13-11-25(12-14-27)22-15-19(24)7-5-18(22)2/h5-8,15-16H,3-4,9-14H2,1-2H3. The minimum atomic E-state index is -3.67. The lowest BCUT2D eigenvalue weighted by atomic mass is 10.1. The fourth-order valence-electron chi connectivity index (χ4n) is 4.32. The quantitative estimate of drug-likeness (QED) is 0.696. The smallest absolute Gasteiger partial charge is 0.254 e. The summed E-state index contributed by atoms with van der Waals surface area (Å²) >= 11 is 6.15. The van der Waals surface area contributed by atoms with Gasteiger partial charge in [-0.25, -0.2) is 8.42 Å². The van der Waals surface area contributed by atoms with Crippen LogP contribution in [0.4, 0.5) is 5.69 Å². The molecule has 2 saturated heterocycles. The molecular formula is C23H28ClN3O3S. The molecule has 0 atom stereocenters. The van der Waals surface area contributed by atoms with Gasteiger partial charge in [-0.15, -0.1) is 0 Å². The minimum absolute atomic E-state index is 0.0756. The lowest BCUT2D eigenvalue weighted by Crippen LogP contribution is -2.48. The van der Waals surface area contributed by atoms with E-state index in [9.17, 15) is 13.2 Å². The Bertz CT molecular complexity index is 1090. The van der Waals surface area contributed by atoms with Crippen molar-refractivity contribution in [3.05, 3.63) is 58.1 Å². The van der Waals surface area contributed by atoms with Gasteiger partial charge in [0.25, 0.3) is 5.91 Å². The number of rotatable bonds is 4. The summed E-state index contributed by atoms with van der Waals surface area (Å²) in [5, 5.41) is 0.672. The van der Waals surface area contributed by atoms with Crippen LogP contribution in [0.1, 0.15) is 34.3 Å². The summed E-state index contributed by atoms with van der Waals surface area (Å²) < 4.78 is 28.2. The van der Waals surface area contributed by atoms with Crippen LogP contribution in [0.5, 0.6) is 0 Å². The third-order valence-electron chi connectivity index (χ3n) is 6.22. The second-order valence-corrected chi connectivity index (χ2v) is 10.7. The van der Waals surface area contributed by atoms with Crippen molar-refractivity contribution in [2.45, 2.75) is 31.6 Å². The first kappa shape index (κ1) is 22.1. The molecule has 0 saturated carbocycles. The number of nitrogens with zero attached hydrogens (tertiary/aromatic N) is 3. The molecule has 0 radical (unpaired) electrons. The van der Waals surface area contributed by atoms with Crippen LogP contribution in [0.3, 0.4) is 0 Å². The van der Waals surface area contributed by atoms with Gasteiger partial charge in [-0.2, -0.15) is 4.31 Å². The highest BCUT2D eigenvalue weighted by Crippen LogP contribution is 2.27. The number of aryl methyl sites for hydroxylation is 2. The zero-order chi connectivity index (χ0) is 22.2. The molecule has 2 heterocycles. The average Bonchev–Trinajstić information content (AvgIpc) is 3.30. The number of piperazine rings is 1. The molecule has 2 aromatic rings. The van der Waals surface area contributed by atoms with Crippen molar-refractivity contribution >= 4 is 33.2 Å². The zero-order valence-electron chi connectivity index (χ0n) is 18.0. The van der Waals surface area contributed by atoms with Crippen LogP contribution in [0.15, 0.2) is 41.3 Å². The molecule has 0 bridgehead atoms. The van der Waals surface area contributed by atoms with Crippen LogP contribution in [0, 0.1) is 13.8 Å². The van der Waals surface area contributed by atoms with Crippen molar-refractivity contribution in [1.29, 1.82) is 0 Å². The number of likely N-dealkylation sites (tertiary alicyclic amines) is 1. The predicted octanol–water partition coefficient (Wildman–Crippen LogP) is 3.70. The van der Waals surface area contributed by atoms with Crippen LogP contribution in [-0.4, -0.2) is 62.8 Å². The number of sulfonamides is 1. The molecule has 4 rings (SSSR count). The van der Waals surface area contributed by atoms with Gasteiger partial charge in [0.1, 0.15) is 0 Å². The monoisotopic (exact) mass is 461 g/mol. The van der Waals surface area contributed by atoms with Gasteiger partial charge in [0.05, 0.1) is 4.90 Å². The van der Waals surface area contributed by atoms with E-state index < -0.39 is 10.0 Å². The molecule has 166 valence electrons. The van der Waals surface area contributed by atoms with Crippen molar-refractivity contribution in [2.24, 2.45) is 0 Å². The van der Waals surface area contributed by atoms with Crippen molar-refractivity contribution in [2.75, 3.05) is 44.2 Å². The van der Waals surface area contributed by atoms with Gasteiger partial charge in [-0.05, 0) is 62.1 Å². The van der Waals surface area contributed by atoms with Crippen molar-refractivity contribution in [1.82, 2.24) is 9.21 Å². The summed E-state index contributed by atoms with van der Waals surface area (Å²) in [4.78, 5) is 17.1. The lowest BCUT2D eigenvalue weighted by Gasteiger charge is -2.36. The van der Waals surface area contributed by atoms with E-state index >= 15 is 0 Å². The Kier molecular flexibility index (Phi) is 6.28. The summed E-state index contributed by atoms with van der Waals surface area (Å²) in [6.07, 6.45) is 2.00. The largest absolute Gasteiger partial charge is 0.369 e. The highest BCUT2D eigenvalue weighted by molar-refractivity contribution is 7.89. The second-order valence-electron chi connectivity index (χ2n) is 8.30. The molecule has 0 unspecified atom stereocenters. The average molecular weight is 462 g/mol. The Balaban J connectivity index is 1.52. The van der Waals surface area contributed by atoms with E-state index in [0.717, 1.165) is 42.7 Å². The summed E-state index contributed by atoms with van der Waals surface area (Å²) in [6, 6.07) is 10.7. The van der Waals surface area contributed by atoms with Crippen LogP contribution < -0.4 is 4.90 Å². The van der Waals surface area contributed by atoms with E-state index in [1.807, 2.05) is 36.9 Å². The number of amides is 1. The van der Waals surface area contributed by atoms with Crippen molar-refractivity contribution in [3.63, 3.8) is 0 Å². The number of halogens is 1. The maximum absolute atomic E-state index is 13.3. The summed E-state index contributed by atoms with van der Waals surface area (Å²) in [6.45, 7) is 7.30. The van der Waals surface area contributed by atoms with Crippen LogP contribution in [0.25, 0.3) is 0 Å². The highest BCUT2D eigenvalue weighted by atomic mass is 35.5. The van der Waals surface area contributed by atoms with E-state index in [4.69, 9.17) is 11.6 Å². The Hall–Kier alpha value is -2.09. The third-order valence-corrected chi connectivity index (χ3v) is 8.35. The van der Waals surface area contributed by atoms with Gasteiger partial charge in [0.2, 0.25) is 10.0 Å². The molecule has 8 heteroatoms. The molecule has 0 spiro atoms. The minimum Gasteiger partial charge on any atom is -0.369 e. The van der Waals surface area contributed by atoms with Gasteiger partial charge in [-0.3, -0.25) is 4.79 Å². The fraction of sp³-hybridized carbons (Fsp3) is 0.435. The van der Waals surface area contributed by atoms with Crippen LogP contribution in [-0.2, 0) is 10.0 Å². The molecule has 2 aromatic carbocycles. The van der Waals surface area contributed by atoms with Crippen molar-refractivity contribution < 1.29 is 13.2 Å². The molecule has 6 nitrogen and oxygen atoms in total. The van der Waals surface area contributed by atoms with Gasteiger partial charge < -0.3 is 9.80 Å². The Morgan fingerprint density at radius 1 is 0.871 bits per heavy atom. The first-order valence-electron chi connectivity index (χ1n) is 10.7. The number of hydrogen-bond acceptors (Lipinski definition) is 4. The normalized spacial score (nSPS) is 17.9. The molecule has 31 heavy (non-hydrogen) atoms. The van der Waals surface area contributed by atoms with Gasteiger partial charge in [0, 0.05) is 55.5 Å². The maximum Gasteiger partial charge on any atom is 0.254 e. The maximum atomic E-state index is 13.3. The Morgan fingerprint density at radius 3 is 2.19 bits per heavy atom. The zero-order valence-corrected chi connectivity index (χ0v) is 19.5. The molecule has 0 aliphatic carbocycles. The Morgan fingerprint density at radius 2 is 1.52 bits per heavy atom. The Labute approximate surface area is 189 Å². The van der Waals surface area contributed by atoms with E-state index in [0.29, 0.717) is 36.8 Å². The number of hydrogen-bond donors (Lipinski definition) is 0. The molecule has 0 aromatic heterocycles. The molecular weight excluding hydrogens is 434 g/mol. The first-order chi connectivity index (χ1) is 14.8. The second kappa shape index (κ2) is 8.81.